The summed E-state index contributed by atoms with van der Waals surface area (Å²) in [5, 5.41) is 14.2. The predicted octanol–water partition coefficient (Wildman–Crippen LogP) is 4.27. The van der Waals surface area contributed by atoms with Crippen molar-refractivity contribution >= 4 is 17.5 Å². The van der Waals surface area contributed by atoms with Crippen LogP contribution in [0, 0.1) is 15.5 Å². The molecule has 0 aromatic heterocycles. The number of nitrogens with zero attached hydrogens (tertiary/aromatic N) is 2. The molecule has 2 saturated carbocycles. The van der Waals surface area contributed by atoms with Crippen molar-refractivity contribution in [2.24, 2.45) is 5.41 Å². The van der Waals surface area contributed by atoms with E-state index in [0.717, 1.165) is 51.4 Å². The van der Waals surface area contributed by atoms with Gasteiger partial charge in [0.05, 0.1) is 4.92 Å². The Bertz CT molecular complexity index is 795. The molecular formula is C23H31N3O4. The maximum absolute atomic E-state index is 13.4. The maximum Gasteiger partial charge on any atom is 0.269 e. The molecule has 4 rings (SSSR count). The lowest BCUT2D eigenvalue weighted by atomic mass is 9.73. The number of non-ortho nitro benzene ring substituents is 1. The average Bonchev–Trinajstić information content (AvgIpc) is 3.04. The van der Waals surface area contributed by atoms with E-state index in [9.17, 15) is 19.7 Å². The van der Waals surface area contributed by atoms with Crippen molar-refractivity contribution < 1.29 is 14.5 Å². The summed E-state index contributed by atoms with van der Waals surface area (Å²) in [6.07, 6.45) is 11.4. The molecule has 1 atom stereocenters. The largest absolute Gasteiger partial charge is 0.351 e. The van der Waals surface area contributed by atoms with Crippen LogP contribution in [0.25, 0.3) is 0 Å². The molecule has 162 valence electrons. The molecule has 2 amide bonds. The number of carbonyl (C=O) groups excluding carboxylic acids is 2. The summed E-state index contributed by atoms with van der Waals surface area (Å²) in [5.74, 6) is -0.129. The Balaban J connectivity index is 1.60. The first-order chi connectivity index (χ1) is 14.5. The molecule has 0 bridgehead atoms. The summed E-state index contributed by atoms with van der Waals surface area (Å²) in [6, 6.07) is 5.53. The van der Waals surface area contributed by atoms with Gasteiger partial charge in [0.15, 0.2) is 0 Å². The molecular weight excluding hydrogens is 382 g/mol. The minimum atomic E-state index is -0.721. The first-order valence-corrected chi connectivity index (χ1v) is 11.3. The van der Waals surface area contributed by atoms with Crippen molar-refractivity contribution in [3.8, 4) is 0 Å². The molecule has 30 heavy (non-hydrogen) atoms. The third kappa shape index (κ3) is 4.35. The number of nitrogens with one attached hydrogen (secondary N) is 1. The SMILES string of the molecule is O=C(NC1CCCCC1)C(c1ccc([N+](=O)[O-])cc1)N1CC2(CCCCC2)CC1=O. The molecule has 1 saturated heterocycles. The van der Waals surface area contributed by atoms with Crippen molar-refractivity contribution in [3.05, 3.63) is 39.9 Å². The van der Waals surface area contributed by atoms with Crippen molar-refractivity contribution in [1.29, 1.82) is 0 Å². The van der Waals surface area contributed by atoms with E-state index in [1.54, 1.807) is 17.0 Å². The highest BCUT2D eigenvalue weighted by atomic mass is 16.6. The van der Waals surface area contributed by atoms with E-state index in [4.69, 9.17) is 0 Å². The molecule has 3 fully saturated rings. The number of amides is 2. The highest BCUT2D eigenvalue weighted by Gasteiger charge is 2.47. The lowest BCUT2D eigenvalue weighted by Crippen LogP contribution is -2.46. The minimum Gasteiger partial charge on any atom is -0.351 e. The van der Waals surface area contributed by atoms with Gasteiger partial charge < -0.3 is 10.2 Å². The van der Waals surface area contributed by atoms with Crippen LogP contribution in [0.1, 0.15) is 82.2 Å². The van der Waals surface area contributed by atoms with Gasteiger partial charge >= 0.3 is 0 Å². The van der Waals surface area contributed by atoms with Crippen LogP contribution >= 0.6 is 0 Å². The average molecular weight is 414 g/mol. The third-order valence-corrected chi connectivity index (χ3v) is 7.20. The van der Waals surface area contributed by atoms with Crippen LogP contribution < -0.4 is 5.32 Å². The van der Waals surface area contributed by atoms with Gasteiger partial charge in [-0.25, -0.2) is 0 Å². The van der Waals surface area contributed by atoms with Gasteiger partial charge in [0.25, 0.3) is 5.69 Å². The summed E-state index contributed by atoms with van der Waals surface area (Å²) in [5.41, 5.74) is 0.622. The topological polar surface area (TPSA) is 92.5 Å². The van der Waals surface area contributed by atoms with Gasteiger partial charge in [-0.2, -0.15) is 0 Å². The van der Waals surface area contributed by atoms with Crippen LogP contribution in [0.3, 0.4) is 0 Å². The summed E-state index contributed by atoms with van der Waals surface area (Å²) in [6.45, 7) is 0.603. The van der Waals surface area contributed by atoms with E-state index in [1.807, 2.05) is 0 Å². The Morgan fingerprint density at radius 1 is 1.07 bits per heavy atom. The Morgan fingerprint density at radius 3 is 2.33 bits per heavy atom. The van der Waals surface area contributed by atoms with E-state index in [2.05, 4.69) is 5.32 Å². The van der Waals surface area contributed by atoms with Crippen LogP contribution in [0.2, 0.25) is 0 Å². The molecule has 7 nitrogen and oxygen atoms in total. The fourth-order valence-electron chi connectivity index (χ4n) is 5.58. The smallest absolute Gasteiger partial charge is 0.269 e. The van der Waals surface area contributed by atoms with Gasteiger partial charge in [-0.1, -0.05) is 38.5 Å². The number of carbonyl (C=O) groups is 2. The second-order valence-electron chi connectivity index (χ2n) is 9.35. The van der Waals surface area contributed by atoms with E-state index in [1.165, 1.54) is 25.0 Å². The number of nitro groups is 1. The fraction of sp³-hybridized carbons (Fsp3) is 0.652. The molecule has 1 aliphatic heterocycles. The van der Waals surface area contributed by atoms with Crippen molar-refractivity contribution in [3.63, 3.8) is 0 Å². The van der Waals surface area contributed by atoms with Crippen molar-refractivity contribution in [2.45, 2.75) is 82.7 Å². The molecule has 1 N–H and O–H groups in total. The number of benzene rings is 1. The monoisotopic (exact) mass is 413 g/mol. The van der Waals surface area contributed by atoms with E-state index in [0.29, 0.717) is 18.5 Å². The van der Waals surface area contributed by atoms with Gasteiger partial charge in [-0.15, -0.1) is 0 Å². The Hall–Kier alpha value is -2.44. The zero-order valence-electron chi connectivity index (χ0n) is 17.5. The van der Waals surface area contributed by atoms with Crippen LogP contribution in [-0.4, -0.2) is 34.2 Å². The first kappa shape index (κ1) is 20.8. The van der Waals surface area contributed by atoms with Crippen molar-refractivity contribution in [2.75, 3.05) is 6.54 Å². The molecule has 1 aromatic carbocycles. The van der Waals surface area contributed by atoms with Crippen LogP contribution in [0.15, 0.2) is 24.3 Å². The van der Waals surface area contributed by atoms with Gasteiger partial charge in [-0.05, 0) is 48.8 Å². The van der Waals surface area contributed by atoms with Crippen LogP contribution in [0.5, 0.6) is 0 Å². The molecule has 1 aromatic rings. The van der Waals surface area contributed by atoms with Crippen molar-refractivity contribution in [1.82, 2.24) is 10.2 Å². The summed E-state index contributed by atoms with van der Waals surface area (Å²) >= 11 is 0. The number of likely N-dealkylation sites (tertiary alicyclic amines) is 1. The molecule has 1 heterocycles. The Morgan fingerprint density at radius 2 is 1.70 bits per heavy atom. The van der Waals surface area contributed by atoms with Crippen LogP contribution in [0.4, 0.5) is 5.69 Å². The quantitative estimate of drug-likeness (QED) is 0.576. The Kier molecular flexibility index (Phi) is 6.06. The fourth-order valence-corrected chi connectivity index (χ4v) is 5.58. The zero-order valence-corrected chi connectivity index (χ0v) is 17.5. The van der Waals surface area contributed by atoms with Gasteiger partial charge in [-0.3, -0.25) is 19.7 Å². The molecule has 2 aliphatic carbocycles. The van der Waals surface area contributed by atoms with E-state index < -0.39 is 11.0 Å². The summed E-state index contributed by atoms with van der Waals surface area (Å²) in [4.78, 5) is 38.8. The maximum atomic E-state index is 13.4. The highest BCUT2D eigenvalue weighted by Crippen LogP contribution is 2.46. The second-order valence-corrected chi connectivity index (χ2v) is 9.35. The Labute approximate surface area is 177 Å². The van der Waals surface area contributed by atoms with E-state index >= 15 is 0 Å². The normalized spacial score (nSPS) is 22.8. The molecule has 7 heteroatoms. The standard InChI is InChI=1S/C23H31N3O4/c27-20-15-23(13-5-2-6-14-23)16-25(20)21(17-9-11-19(12-10-17)26(29)30)22(28)24-18-7-3-1-4-8-18/h9-12,18,21H,1-8,13-16H2,(H,24,28). The summed E-state index contributed by atoms with van der Waals surface area (Å²) in [7, 11) is 0. The first-order valence-electron chi connectivity index (χ1n) is 11.3. The third-order valence-electron chi connectivity index (χ3n) is 7.20. The lowest BCUT2D eigenvalue weighted by molar-refractivity contribution is -0.384. The molecule has 1 spiro atoms. The highest BCUT2D eigenvalue weighted by molar-refractivity contribution is 5.90. The molecule has 0 radical (unpaired) electrons. The zero-order chi connectivity index (χ0) is 21.1. The molecule has 1 unspecified atom stereocenters. The van der Waals surface area contributed by atoms with E-state index in [-0.39, 0.29) is 29.0 Å². The van der Waals surface area contributed by atoms with Gasteiger partial charge in [0.1, 0.15) is 6.04 Å². The predicted molar refractivity (Wildman–Crippen MR) is 113 cm³/mol. The van der Waals surface area contributed by atoms with Crippen LogP contribution in [-0.2, 0) is 9.59 Å². The number of rotatable bonds is 5. The second kappa shape index (κ2) is 8.74. The lowest BCUT2D eigenvalue weighted by Gasteiger charge is -2.35. The van der Waals surface area contributed by atoms with Gasteiger partial charge in [0.2, 0.25) is 11.8 Å². The summed E-state index contributed by atoms with van der Waals surface area (Å²) < 4.78 is 0. The molecule has 3 aliphatic rings. The minimum absolute atomic E-state index is 0.0123. The number of nitro benzene ring substituents is 1. The number of hydrogen-bond acceptors (Lipinski definition) is 4. The number of hydrogen-bond donors (Lipinski definition) is 1. The van der Waals surface area contributed by atoms with Gasteiger partial charge in [0, 0.05) is 31.1 Å².